The first kappa shape index (κ1) is 14.1. The van der Waals surface area contributed by atoms with Crippen molar-refractivity contribution in [3.05, 3.63) is 65.7 Å². The van der Waals surface area contributed by atoms with Gasteiger partial charge in [-0.3, -0.25) is 4.90 Å². The number of anilines is 1. The predicted molar refractivity (Wildman–Crippen MR) is 86.6 cm³/mol. The molecule has 21 heavy (non-hydrogen) atoms. The summed E-state index contributed by atoms with van der Waals surface area (Å²) in [5.41, 5.74) is 3.88. The standard InChI is InChI=1S/C18H22N2O/c1-2-4-16(5-3-1)14-17-6-8-18(9-7-17)19-15-20-10-12-21-13-11-20/h1-9,19H,10-15H2. The second-order valence-corrected chi connectivity index (χ2v) is 5.42. The molecule has 2 aromatic carbocycles. The molecule has 0 atom stereocenters. The normalized spacial score (nSPS) is 15.8. The Morgan fingerprint density at radius 2 is 1.52 bits per heavy atom. The summed E-state index contributed by atoms with van der Waals surface area (Å²) in [5, 5.41) is 3.48. The number of hydrogen-bond acceptors (Lipinski definition) is 3. The monoisotopic (exact) mass is 282 g/mol. The van der Waals surface area contributed by atoms with E-state index in [9.17, 15) is 0 Å². The summed E-state index contributed by atoms with van der Waals surface area (Å²) in [6.07, 6.45) is 0.991. The number of ether oxygens (including phenoxy) is 1. The van der Waals surface area contributed by atoms with Crippen molar-refractivity contribution in [1.82, 2.24) is 4.90 Å². The van der Waals surface area contributed by atoms with Crippen LogP contribution in [0.4, 0.5) is 5.69 Å². The highest BCUT2D eigenvalue weighted by molar-refractivity contribution is 5.45. The van der Waals surface area contributed by atoms with Crippen molar-refractivity contribution in [3.63, 3.8) is 0 Å². The van der Waals surface area contributed by atoms with Gasteiger partial charge in [0, 0.05) is 18.8 Å². The van der Waals surface area contributed by atoms with E-state index in [1.807, 2.05) is 0 Å². The van der Waals surface area contributed by atoms with E-state index in [0.717, 1.165) is 39.4 Å². The number of rotatable bonds is 5. The van der Waals surface area contributed by atoms with Crippen LogP contribution in [0.3, 0.4) is 0 Å². The van der Waals surface area contributed by atoms with Crippen LogP contribution in [0.1, 0.15) is 11.1 Å². The lowest BCUT2D eigenvalue weighted by molar-refractivity contribution is 0.0414. The fourth-order valence-corrected chi connectivity index (χ4v) is 2.53. The summed E-state index contributed by atoms with van der Waals surface area (Å²) >= 11 is 0. The first-order valence-corrected chi connectivity index (χ1v) is 7.57. The topological polar surface area (TPSA) is 24.5 Å². The third-order valence-electron chi connectivity index (χ3n) is 3.82. The van der Waals surface area contributed by atoms with E-state index in [1.165, 1.54) is 16.8 Å². The number of hydrogen-bond donors (Lipinski definition) is 1. The summed E-state index contributed by atoms with van der Waals surface area (Å²) in [6.45, 7) is 4.61. The Kier molecular flexibility index (Phi) is 4.87. The molecule has 1 fully saturated rings. The number of morpholine rings is 1. The lowest BCUT2D eigenvalue weighted by Crippen LogP contribution is -2.39. The van der Waals surface area contributed by atoms with E-state index < -0.39 is 0 Å². The molecule has 3 nitrogen and oxygen atoms in total. The number of nitrogens with zero attached hydrogens (tertiary/aromatic N) is 1. The van der Waals surface area contributed by atoms with Crippen molar-refractivity contribution in [2.45, 2.75) is 6.42 Å². The van der Waals surface area contributed by atoms with Gasteiger partial charge in [0.25, 0.3) is 0 Å². The zero-order chi connectivity index (χ0) is 14.3. The summed E-state index contributed by atoms with van der Waals surface area (Å²) in [6, 6.07) is 19.3. The van der Waals surface area contributed by atoms with Crippen LogP contribution in [-0.2, 0) is 11.2 Å². The maximum atomic E-state index is 5.35. The highest BCUT2D eigenvalue weighted by atomic mass is 16.5. The molecule has 1 aliphatic rings. The molecule has 110 valence electrons. The van der Waals surface area contributed by atoms with Gasteiger partial charge in [-0.15, -0.1) is 0 Å². The molecule has 0 aliphatic carbocycles. The summed E-state index contributed by atoms with van der Waals surface area (Å²) in [7, 11) is 0. The van der Waals surface area contributed by atoms with Crippen LogP contribution in [0.5, 0.6) is 0 Å². The average Bonchev–Trinajstić information content (AvgIpc) is 2.56. The molecule has 0 bridgehead atoms. The van der Waals surface area contributed by atoms with Crippen molar-refractivity contribution in [1.29, 1.82) is 0 Å². The third kappa shape index (κ3) is 4.31. The Balaban J connectivity index is 1.51. The number of nitrogens with one attached hydrogen (secondary N) is 1. The van der Waals surface area contributed by atoms with E-state index in [2.05, 4.69) is 64.8 Å². The molecule has 0 spiro atoms. The van der Waals surface area contributed by atoms with Crippen molar-refractivity contribution in [2.75, 3.05) is 38.3 Å². The van der Waals surface area contributed by atoms with E-state index in [0.29, 0.717) is 0 Å². The Hall–Kier alpha value is -1.84. The second-order valence-electron chi connectivity index (χ2n) is 5.42. The van der Waals surface area contributed by atoms with Crippen LogP contribution in [0.15, 0.2) is 54.6 Å². The lowest BCUT2D eigenvalue weighted by atomic mass is 10.1. The highest BCUT2D eigenvalue weighted by Gasteiger charge is 2.09. The van der Waals surface area contributed by atoms with Gasteiger partial charge in [-0.1, -0.05) is 42.5 Å². The zero-order valence-electron chi connectivity index (χ0n) is 12.3. The number of benzene rings is 2. The van der Waals surface area contributed by atoms with Gasteiger partial charge in [0.1, 0.15) is 0 Å². The molecule has 1 aliphatic heterocycles. The van der Waals surface area contributed by atoms with E-state index in [1.54, 1.807) is 0 Å². The van der Waals surface area contributed by atoms with Crippen molar-refractivity contribution in [3.8, 4) is 0 Å². The fourth-order valence-electron chi connectivity index (χ4n) is 2.53. The van der Waals surface area contributed by atoms with Gasteiger partial charge in [-0.25, -0.2) is 0 Å². The Bertz CT molecular complexity index is 533. The van der Waals surface area contributed by atoms with Crippen LogP contribution < -0.4 is 5.32 Å². The van der Waals surface area contributed by atoms with Crippen LogP contribution in [-0.4, -0.2) is 37.9 Å². The zero-order valence-corrected chi connectivity index (χ0v) is 12.3. The van der Waals surface area contributed by atoms with Crippen molar-refractivity contribution in [2.24, 2.45) is 0 Å². The third-order valence-corrected chi connectivity index (χ3v) is 3.82. The van der Waals surface area contributed by atoms with Gasteiger partial charge in [-0.2, -0.15) is 0 Å². The van der Waals surface area contributed by atoms with E-state index >= 15 is 0 Å². The first-order valence-electron chi connectivity index (χ1n) is 7.57. The quantitative estimate of drug-likeness (QED) is 0.912. The van der Waals surface area contributed by atoms with E-state index in [-0.39, 0.29) is 0 Å². The SMILES string of the molecule is c1ccc(Cc2ccc(NCN3CCOCC3)cc2)cc1. The molecule has 0 amide bonds. The summed E-state index contributed by atoms with van der Waals surface area (Å²) < 4.78 is 5.35. The molecule has 0 radical (unpaired) electrons. The van der Waals surface area contributed by atoms with Gasteiger partial charge >= 0.3 is 0 Å². The molecular weight excluding hydrogens is 260 g/mol. The summed E-state index contributed by atoms with van der Waals surface area (Å²) in [4.78, 5) is 2.38. The predicted octanol–water partition coefficient (Wildman–Crippen LogP) is 2.98. The molecule has 3 rings (SSSR count). The molecule has 0 aromatic heterocycles. The van der Waals surface area contributed by atoms with Gasteiger partial charge in [0.05, 0.1) is 19.9 Å². The largest absolute Gasteiger partial charge is 0.379 e. The Morgan fingerprint density at radius 1 is 0.857 bits per heavy atom. The smallest absolute Gasteiger partial charge is 0.0679 e. The summed E-state index contributed by atoms with van der Waals surface area (Å²) in [5.74, 6) is 0. The van der Waals surface area contributed by atoms with Gasteiger partial charge in [-0.05, 0) is 29.7 Å². The molecule has 1 heterocycles. The van der Waals surface area contributed by atoms with Crippen LogP contribution in [0.2, 0.25) is 0 Å². The van der Waals surface area contributed by atoms with Gasteiger partial charge in [0.15, 0.2) is 0 Å². The first-order chi connectivity index (χ1) is 10.4. The van der Waals surface area contributed by atoms with Gasteiger partial charge < -0.3 is 10.1 Å². The maximum Gasteiger partial charge on any atom is 0.0679 e. The highest BCUT2D eigenvalue weighted by Crippen LogP contribution is 2.13. The molecule has 2 aromatic rings. The average molecular weight is 282 g/mol. The molecule has 1 N–H and O–H groups in total. The molecular formula is C18H22N2O. The molecule has 3 heteroatoms. The Morgan fingerprint density at radius 3 is 2.24 bits per heavy atom. The van der Waals surface area contributed by atoms with Crippen LogP contribution >= 0.6 is 0 Å². The second kappa shape index (κ2) is 7.25. The van der Waals surface area contributed by atoms with Gasteiger partial charge in [0.2, 0.25) is 0 Å². The van der Waals surface area contributed by atoms with Crippen LogP contribution in [0, 0.1) is 0 Å². The maximum absolute atomic E-state index is 5.35. The molecule has 1 saturated heterocycles. The van der Waals surface area contributed by atoms with E-state index in [4.69, 9.17) is 4.74 Å². The molecule has 0 unspecified atom stereocenters. The fraction of sp³-hybridized carbons (Fsp3) is 0.333. The lowest BCUT2D eigenvalue weighted by Gasteiger charge is -2.27. The molecule has 0 saturated carbocycles. The minimum atomic E-state index is 0.845. The van der Waals surface area contributed by atoms with Crippen molar-refractivity contribution < 1.29 is 4.74 Å². The van der Waals surface area contributed by atoms with Crippen LogP contribution in [0.25, 0.3) is 0 Å². The van der Waals surface area contributed by atoms with Crippen molar-refractivity contribution >= 4 is 5.69 Å². The minimum absolute atomic E-state index is 0.845. The Labute approximate surface area is 126 Å². The minimum Gasteiger partial charge on any atom is -0.379 e.